The maximum absolute atomic E-state index is 4.35. The van der Waals surface area contributed by atoms with E-state index in [-0.39, 0.29) is 0 Å². The molecule has 0 saturated carbocycles. The van der Waals surface area contributed by atoms with Gasteiger partial charge in [0.05, 0.1) is 0 Å². The van der Waals surface area contributed by atoms with Gasteiger partial charge in [0.15, 0.2) is 0 Å². The molecular formula is C9H14N2. The van der Waals surface area contributed by atoms with Crippen LogP contribution in [-0.2, 0) is 0 Å². The molecule has 0 unspecified atom stereocenters. The van der Waals surface area contributed by atoms with Gasteiger partial charge < -0.3 is 0 Å². The second-order valence-electron chi connectivity index (χ2n) is 2.96. The maximum Gasteiger partial charge on any atom is 0.0383 e. The molecule has 0 aliphatic rings. The molecule has 0 radical (unpaired) electrons. The van der Waals surface area contributed by atoms with Crippen molar-refractivity contribution in [2.24, 2.45) is 11.0 Å². The van der Waals surface area contributed by atoms with Gasteiger partial charge in [0.2, 0.25) is 0 Å². The summed E-state index contributed by atoms with van der Waals surface area (Å²) in [6.07, 6.45) is 3.87. The van der Waals surface area contributed by atoms with E-state index in [1.165, 1.54) is 0 Å². The van der Waals surface area contributed by atoms with E-state index < -0.39 is 0 Å². The highest BCUT2D eigenvalue weighted by Gasteiger charge is 1.96. The van der Waals surface area contributed by atoms with Crippen molar-refractivity contribution in [2.45, 2.75) is 20.8 Å². The maximum atomic E-state index is 4.35. The van der Waals surface area contributed by atoms with Gasteiger partial charge in [-0.2, -0.15) is 5.10 Å². The fraction of sp³-hybridized carbons (Fsp3) is 0.444. The number of nitrogens with zero attached hydrogens (tertiary/aromatic N) is 2. The molecule has 0 saturated heterocycles. The van der Waals surface area contributed by atoms with Gasteiger partial charge in [-0.25, -0.2) is 4.68 Å². The van der Waals surface area contributed by atoms with Gasteiger partial charge >= 0.3 is 0 Å². The standard InChI is InChI=1S/C9H14N2/c1-8(2)9(3)10-11-6-4-5-7-11/h4-8H,1-3H3/b10-9+. The number of aromatic nitrogens is 1. The Labute approximate surface area is 67.5 Å². The summed E-state index contributed by atoms with van der Waals surface area (Å²) < 4.78 is 1.83. The van der Waals surface area contributed by atoms with Crippen LogP contribution in [0.25, 0.3) is 0 Å². The molecule has 2 nitrogen and oxygen atoms in total. The zero-order valence-corrected chi connectivity index (χ0v) is 7.28. The van der Waals surface area contributed by atoms with Crippen molar-refractivity contribution in [2.75, 3.05) is 0 Å². The van der Waals surface area contributed by atoms with Gasteiger partial charge in [-0.3, -0.25) is 0 Å². The molecule has 11 heavy (non-hydrogen) atoms. The summed E-state index contributed by atoms with van der Waals surface area (Å²) in [5.74, 6) is 0.525. The van der Waals surface area contributed by atoms with E-state index in [1.807, 2.05) is 36.1 Å². The van der Waals surface area contributed by atoms with E-state index in [4.69, 9.17) is 0 Å². The van der Waals surface area contributed by atoms with E-state index >= 15 is 0 Å². The molecule has 0 aliphatic heterocycles. The summed E-state index contributed by atoms with van der Waals surface area (Å²) in [4.78, 5) is 0. The normalized spacial score (nSPS) is 12.5. The number of hydrogen-bond acceptors (Lipinski definition) is 1. The molecular weight excluding hydrogens is 136 g/mol. The molecule has 1 heterocycles. The molecule has 0 fully saturated rings. The first kappa shape index (κ1) is 8.05. The summed E-state index contributed by atoms with van der Waals surface area (Å²) in [5.41, 5.74) is 1.15. The molecule has 0 aromatic carbocycles. The van der Waals surface area contributed by atoms with E-state index in [0.29, 0.717) is 5.92 Å². The summed E-state index contributed by atoms with van der Waals surface area (Å²) in [7, 11) is 0. The highest BCUT2D eigenvalue weighted by Crippen LogP contribution is 1.98. The molecule has 2 heteroatoms. The number of hydrogen-bond donors (Lipinski definition) is 0. The van der Waals surface area contributed by atoms with Crippen molar-refractivity contribution < 1.29 is 0 Å². The fourth-order valence-electron chi connectivity index (χ4n) is 0.690. The van der Waals surface area contributed by atoms with Crippen LogP contribution >= 0.6 is 0 Å². The van der Waals surface area contributed by atoms with Crippen molar-refractivity contribution in [1.29, 1.82) is 0 Å². The summed E-state index contributed by atoms with van der Waals surface area (Å²) >= 11 is 0. The van der Waals surface area contributed by atoms with Gasteiger partial charge in [0.25, 0.3) is 0 Å². The third-order valence-corrected chi connectivity index (χ3v) is 1.70. The molecule has 1 rings (SSSR count). The van der Waals surface area contributed by atoms with E-state index in [9.17, 15) is 0 Å². The first-order valence-corrected chi connectivity index (χ1v) is 3.88. The van der Waals surface area contributed by atoms with E-state index in [2.05, 4.69) is 18.9 Å². The molecule has 0 N–H and O–H groups in total. The van der Waals surface area contributed by atoms with E-state index in [0.717, 1.165) is 5.71 Å². The lowest BCUT2D eigenvalue weighted by molar-refractivity contribution is 0.816. The van der Waals surface area contributed by atoms with Crippen molar-refractivity contribution in [1.82, 2.24) is 4.68 Å². The van der Waals surface area contributed by atoms with Gasteiger partial charge in [-0.1, -0.05) is 13.8 Å². The SMILES string of the molecule is C/C(=N\n1cccc1)C(C)C. The van der Waals surface area contributed by atoms with Crippen LogP contribution in [0.5, 0.6) is 0 Å². The zero-order chi connectivity index (χ0) is 8.27. The number of rotatable bonds is 2. The van der Waals surface area contributed by atoms with E-state index in [1.54, 1.807) is 0 Å². The molecule has 0 spiro atoms. The molecule has 1 aromatic heterocycles. The third-order valence-electron chi connectivity index (χ3n) is 1.70. The Bertz CT molecular complexity index is 232. The van der Waals surface area contributed by atoms with Crippen LogP contribution in [0.1, 0.15) is 20.8 Å². The van der Waals surface area contributed by atoms with Crippen LogP contribution in [0, 0.1) is 5.92 Å². The molecule has 0 bridgehead atoms. The molecule has 60 valence electrons. The Morgan fingerprint density at radius 1 is 1.27 bits per heavy atom. The zero-order valence-electron chi connectivity index (χ0n) is 7.28. The predicted molar refractivity (Wildman–Crippen MR) is 47.8 cm³/mol. The lowest BCUT2D eigenvalue weighted by atomic mass is 10.1. The smallest absolute Gasteiger partial charge is 0.0383 e. The Balaban J connectivity index is 2.74. The van der Waals surface area contributed by atoms with Gasteiger partial charge in [-0.15, -0.1) is 0 Å². The van der Waals surface area contributed by atoms with Gasteiger partial charge in [-0.05, 0) is 25.0 Å². The minimum Gasteiger partial charge on any atom is -0.248 e. The van der Waals surface area contributed by atoms with Crippen LogP contribution in [-0.4, -0.2) is 10.4 Å². The van der Waals surface area contributed by atoms with Crippen LogP contribution < -0.4 is 0 Å². The third kappa shape index (κ3) is 2.22. The van der Waals surface area contributed by atoms with Crippen LogP contribution in [0.3, 0.4) is 0 Å². The molecule has 0 aliphatic carbocycles. The lowest BCUT2D eigenvalue weighted by Crippen LogP contribution is -2.03. The van der Waals surface area contributed by atoms with Crippen molar-refractivity contribution in [3.63, 3.8) is 0 Å². The molecule has 1 aromatic rings. The quantitative estimate of drug-likeness (QED) is 0.576. The van der Waals surface area contributed by atoms with Gasteiger partial charge in [0.1, 0.15) is 0 Å². The van der Waals surface area contributed by atoms with Gasteiger partial charge in [0, 0.05) is 18.1 Å². The predicted octanol–water partition coefficient (Wildman–Crippen LogP) is 2.37. The lowest BCUT2D eigenvalue weighted by Gasteiger charge is -2.02. The Kier molecular flexibility index (Phi) is 2.47. The summed E-state index contributed by atoms with van der Waals surface area (Å²) in [6, 6.07) is 3.94. The average molecular weight is 150 g/mol. The van der Waals surface area contributed by atoms with Crippen molar-refractivity contribution in [3.05, 3.63) is 24.5 Å². The summed E-state index contributed by atoms with van der Waals surface area (Å²) in [5, 5.41) is 4.35. The van der Waals surface area contributed by atoms with Crippen LogP contribution in [0.2, 0.25) is 0 Å². The minimum absolute atomic E-state index is 0.525. The second-order valence-corrected chi connectivity index (χ2v) is 2.96. The first-order chi connectivity index (χ1) is 5.20. The highest BCUT2D eigenvalue weighted by atomic mass is 15.3. The largest absolute Gasteiger partial charge is 0.248 e. The second kappa shape index (κ2) is 3.37. The first-order valence-electron chi connectivity index (χ1n) is 3.88. The molecule has 0 amide bonds. The Hall–Kier alpha value is -1.05. The average Bonchev–Trinajstić information content (AvgIpc) is 2.39. The monoisotopic (exact) mass is 150 g/mol. The molecule has 0 atom stereocenters. The van der Waals surface area contributed by atoms with Crippen molar-refractivity contribution >= 4 is 5.71 Å². The Morgan fingerprint density at radius 2 is 1.82 bits per heavy atom. The minimum atomic E-state index is 0.525. The van der Waals surface area contributed by atoms with Crippen molar-refractivity contribution in [3.8, 4) is 0 Å². The van der Waals surface area contributed by atoms with Crippen LogP contribution in [0.4, 0.5) is 0 Å². The van der Waals surface area contributed by atoms with Crippen LogP contribution in [0.15, 0.2) is 29.6 Å². The topological polar surface area (TPSA) is 17.3 Å². The highest BCUT2D eigenvalue weighted by molar-refractivity contribution is 5.83. The summed E-state index contributed by atoms with van der Waals surface area (Å²) in [6.45, 7) is 6.33. The fourth-order valence-corrected chi connectivity index (χ4v) is 0.690. The Morgan fingerprint density at radius 3 is 2.27 bits per heavy atom.